The average Bonchev–Trinajstić information content (AvgIpc) is 3.77. The van der Waals surface area contributed by atoms with E-state index in [4.69, 9.17) is 29.0 Å². The lowest BCUT2D eigenvalue weighted by Gasteiger charge is -2.32. The van der Waals surface area contributed by atoms with Crippen LogP contribution in [0, 0.1) is 0 Å². The molecule has 5 heterocycles. The van der Waals surface area contributed by atoms with Gasteiger partial charge >= 0.3 is 13.2 Å². The monoisotopic (exact) mass is 656 g/mol. The van der Waals surface area contributed by atoms with Crippen LogP contribution in [0.4, 0.5) is 10.5 Å². The molecule has 8 rings (SSSR count). The van der Waals surface area contributed by atoms with E-state index < -0.39 is 30.5 Å². The Bertz CT molecular complexity index is 2100. The second-order valence-corrected chi connectivity index (χ2v) is 13.9. The maximum Gasteiger partial charge on any atom is 0.494 e. The third kappa shape index (κ3) is 5.35. The van der Waals surface area contributed by atoms with Gasteiger partial charge in [-0.15, -0.1) is 0 Å². The van der Waals surface area contributed by atoms with Crippen LogP contribution >= 0.6 is 0 Å². The highest BCUT2D eigenvalue weighted by atomic mass is 16.7. The minimum absolute atomic E-state index is 0.165. The molecule has 0 unspecified atom stereocenters. The smallest absolute Gasteiger partial charge is 0.453 e. The number of nitrogens with zero attached hydrogens (tertiary/aromatic N) is 4. The van der Waals surface area contributed by atoms with E-state index >= 15 is 0 Å². The van der Waals surface area contributed by atoms with Crippen molar-refractivity contribution in [1.82, 2.24) is 25.3 Å². The van der Waals surface area contributed by atoms with Gasteiger partial charge < -0.3 is 24.3 Å². The molecule has 0 bridgehead atoms. The largest absolute Gasteiger partial charge is 0.494 e. The van der Waals surface area contributed by atoms with Crippen molar-refractivity contribution in [2.24, 2.45) is 0 Å². The Morgan fingerprint density at radius 2 is 1.69 bits per heavy atom. The van der Waals surface area contributed by atoms with Gasteiger partial charge in [0.2, 0.25) is 5.91 Å². The van der Waals surface area contributed by atoms with Gasteiger partial charge in [0.1, 0.15) is 11.9 Å². The molecular weight excluding hydrogens is 619 g/mol. The lowest BCUT2D eigenvalue weighted by Crippen LogP contribution is -2.48. The molecule has 11 nitrogen and oxygen atoms in total. The van der Waals surface area contributed by atoms with Gasteiger partial charge in [0.25, 0.3) is 0 Å². The summed E-state index contributed by atoms with van der Waals surface area (Å²) in [5, 5.41) is 2.73. The third-order valence-electron chi connectivity index (χ3n) is 10.4. The number of imidazole rings is 1. The molecule has 2 N–H and O–H groups in total. The molecule has 5 aromatic rings. The number of H-pyrrole nitrogens is 1. The zero-order valence-electron chi connectivity index (χ0n) is 28.1. The number of aromatic nitrogens is 4. The highest BCUT2D eigenvalue weighted by Gasteiger charge is 2.51. The summed E-state index contributed by atoms with van der Waals surface area (Å²) in [6.45, 7) is 8.17. The van der Waals surface area contributed by atoms with Crippen molar-refractivity contribution < 1.29 is 23.6 Å². The molecule has 0 radical (unpaired) electrons. The van der Waals surface area contributed by atoms with Gasteiger partial charge in [-0.25, -0.2) is 14.8 Å². The summed E-state index contributed by atoms with van der Waals surface area (Å²) in [7, 11) is 0.839. The second kappa shape index (κ2) is 11.5. The molecule has 2 amide bonds. The van der Waals surface area contributed by atoms with Crippen LogP contribution in [-0.2, 0) is 31.7 Å². The lowest BCUT2D eigenvalue weighted by atomic mass is 9.79. The first kappa shape index (κ1) is 31.2. The zero-order chi connectivity index (χ0) is 34.1. The number of fused-ring (bicyclic) bond motifs is 1. The SMILES string of the molecule is COC(=O)N[C@H]1CCc2cccc3c2N(C1=O)[C@H](c1ncc(-c2ccc(-c4cnc5cc(B6OC(C)(C)C(C)(C)O6)ccc5n4)cc2)[nH]1)C3. The zero-order valence-corrected chi connectivity index (χ0v) is 28.1. The van der Waals surface area contributed by atoms with Gasteiger partial charge in [-0.1, -0.05) is 48.5 Å². The summed E-state index contributed by atoms with van der Waals surface area (Å²) in [4.78, 5) is 45.5. The molecule has 2 atom stereocenters. The van der Waals surface area contributed by atoms with E-state index in [1.54, 1.807) is 17.3 Å². The molecule has 12 heteroatoms. The Morgan fingerprint density at radius 3 is 2.45 bits per heavy atom. The van der Waals surface area contributed by atoms with Crippen LogP contribution in [0.3, 0.4) is 0 Å². The fraction of sp³-hybridized carbons (Fsp3) is 0.324. The fourth-order valence-corrected chi connectivity index (χ4v) is 6.95. The minimum Gasteiger partial charge on any atom is -0.453 e. The Balaban J connectivity index is 1.02. The maximum absolute atomic E-state index is 13.9. The number of alkyl carbamates (subject to hydrolysis) is 1. The maximum atomic E-state index is 13.9. The van der Waals surface area contributed by atoms with Gasteiger partial charge in [-0.05, 0) is 74.8 Å². The third-order valence-corrected chi connectivity index (χ3v) is 10.4. The molecule has 248 valence electrons. The average molecular weight is 657 g/mol. The second-order valence-electron chi connectivity index (χ2n) is 13.9. The van der Waals surface area contributed by atoms with E-state index in [1.807, 2.05) is 76.2 Å². The first-order chi connectivity index (χ1) is 23.5. The van der Waals surface area contributed by atoms with E-state index in [2.05, 4.69) is 22.4 Å². The van der Waals surface area contributed by atoms with Crippen molar-refractivity contribution in [3.63, 3.8) is 0 Å². The van der Waals surface area contributed by atoms with Crippen molar-refractivity contribution in [3.05, 3.63) is 90.0 Å². The standard InChI is InChI=1S/C37H37BN6O5/c1-36(2)37(3,4)49-38(48-36)25-14-16-26-28(18-25)39-19-29(41-26)21-9-11-22(12-10-21)30-20-40-33(42-30)31-17-24-8-6-7-23-13-15-27(43-35(46)47-5)34(45)44(31)32(23)24/h6-12,14,16,18-20,27,31H,13,15,17H2,1-5H3,(H,40,42)(H,43,46)/t27-,31-/m0/s1. The number of ether oxygens (including phenoxy) is 1. The molecule has 3 aromatic carbocycles. The number of anilines is 1. The normalized spacial score (nSPS) is 20.7. The van der Waals surface area contributed by atoms with E-state index in [0.29, 0.717) is 25.1 Å². The Labute approximate surface area is 284 Å². The molecule has 3 aliphatic rings. The Kier molecular flexibility index (Phi) is 7.34. The topological polar surface area (TPSA) is 132 Å². The summed E-state index contributed by atoms with van der Waals surface area (Å²) in [6, 6.07) is 19.1. The number of methoxy groups -OCH3 is 1. The number of nitrogens with one attached hydrogen (secondary N) is 2. The molecule has 2 aromatic heterocycles. The van der Waals surface area contributed by atoms with Crippen LogP contribution in [0.2, 0.25) is 0 Å². The number of para-hydroxylation sites is 1. The van der Waals surface area contributed by atoms with Gasteiger partial charge in [-0.2, -0.15) is 0 Å². The number of amides is 2. The van der Waals surface area contributed by atoms with Crippen molar-refractivity contribution >= 4 is 41.3 Å². The summed E-state index contributed by atoms with van der Waals surface area (Å²) < 4.78 is 17.2. The Morgan fingerprint density at radius 1 is 0.959 bits per heavy atom. The fourth-order valence-electron chi connectivity index (χ4n) is 6.95. The highest BCUT2D eigenvalue weighted by Crippen LogP contribution is 2.44. The van der Waals surface area contributed by atoms with Gasteiger partial charge in [0.05, 0.1) is 64.9 Å². The molecule has 3 aliphatic heterocycles. The molecule has 49 heavy (non-hydrogen) atoms. The number of hydrogen-bond donors (Lipinski definition) is 2. The van der Waals surface area contributed by atoms with Crippen LogP contribution < -0.4 is 15.7 Å². The van der Waals surface area contributed by atoms with Crippen molar-refractivity contribution in [1.29, 1.82) is 0 Å². The molecule has 0 saturated carbocycles. The first-order valence-electron chi connectivity index (χ1n) is 16.6. The number of aromatic amines is 1. The van der Waals surface area contributed by atoms with E-state index in [0.717, 1.165) is 55.8 Å². The van der Waals surface area contributed by atoms with Crippen molar-refractivity contribution in [2.45, 2.75) is 70.2 Å². The number of hydrogen-bond acceptors (Lipinski definition) is 8. The summed E-state index contributed by atoms with van der Waals surface area (Å²) in [5.41, 5.74) is 8.23. The highest BCUT2D eigenvalue weighted by molar-refractivity contribution is 6.62. The molecule has 0 spiro atoms. The van der Waals surface area contributed by atoms with Gasteiger partial charge in [0.15, 0.2) is 0 Å². The van der Waals surface area contributed by atoms with Crippen LogP contribution in [0.1, 0.15) is 57.1 Å². The van der Waals surface area contributed by atoms with Crippen molar-refractivity contribution in [3.8, 4) is 22.5 Å². The molecule has 1 saturated heterocycles. The van der Waals surface area contributed by atoms with Gasteiger partial charge in [-0.3, -0.25) is 14.7 Å². The van der Waals surface area contributed by atoms with Gasteiger partial charge in [0, 0.05) is 12.0 Å². The lowest BCUT2D eigenvalue weighted by molar-refractivity contribution is -0.121. The van der Waals surface area contributed by atoms with E-state index in [1.165, 1.54) is 7.11 Å². The quantitative estimate of drug-likeness (QED) is 0.244. The molecule has 0 aliphatic carbocycles. The number of rotatable bonds is 5. The molecular formula is C37H37BN6O5. The summed E-state index contributed by atoms with van der Waals surface area (Å²) in [5.74, 6) is 0.524. The summed E-state index contributed by atoms with van der Waals surface area (Å²) >= 11 is 0. The molecule has 1 fully saturated rings. The van der Waals surface area contributed by atoms with E-state index in [-0.39, 0.29) is 11.9 Å². The first-order valence-corrected chi connectivity index (χ1v) is 16.6. The predicted molar refractivity (Wildman–Crippen MR) is 186 cm³/mol. The van der Waals surface area contributed by atoms with Crippen LogP contribution in [-0.4, -0.2) is 63.4 Å². The van der Waals surface area contributed by atoms with Crippen LogP contribution in [0.15, 0.2) is 73.1 Å². The van der Waals surface area contributed by atoms with Crippen molar-refractivity contribution in [2.75, 3.05) is 12.0 Å². The number of carbonyl (C=O) groups excluding carboxylic acids is 2. The van der Waals surface area contributed by atoms with Crippen LogP contribution in [0.25, 0.3) is 33.5 Å². The van der Waals surface area contributed by atoms with Crippen LogP contribution in [0.5, 0.6) is 0 Å². The number of carbonyl (C=O) groups is 2. The minimum atomic E-state index is -0.689. The number of aryl methyl sites for hydroxylation is 1. The summed E-state index contributed by atoms with van der Waals surface area (Å²) in [6.07, 6.45) is 4.76. The Hall–Kier alpha value is -5.07. The van der Waals surface area contributed by atoms with E-state index in [9.17, 15) is 9.59 Å². The predicted octanol–water partition coefficient (Wildman–Crippen LogP) is 5.29. The number of benzene rings is 3.